The molecule has 0 amide bonds. The van der Waals surface area contributed by atoms with Gasteiger partial charge in [0.2, 0.25) is 0 Å². The quantitative estimate of drug-likeness (QED) is 0.836. The van der Waals surface area contributed by atoms with Gasteiger partial charge in [0.25, 0.3) is 0 Å². The molecule has 3 rings (SSSR count). The first kappa shape index (κ1) is 13.0. The maximum atomic E-state index is 4.44. The molecule has 0 aliphatic carbocycles. The molecule has 0 bridgehead atoms. The third-order valence-electron chi connectivity index (χ3n) is 4.79. The fourth-order valence-electron chi connectivity index (χ4n) is 3.59. The molecule has 0 radical (unpaired) electrons. The van der Waals surface area contributed by atoms with Crippen LogP contribution in [-0.4, -0.2) is 46.4 Å². The number of anilines is 1. The molecule has 3 heterocycles. The number of aryl methyl sites for hydroxylation is 1. The largest absolute Gasteiger partial charge is 0.363 e. The first-order chi connectivity index (χ1) is 9.31. The number of rotatable bonds is 3. The van der Waals surface area contributed by atoms with Crippen molar-refractivity contribution in [2.75, 3.05) is 24.5 Å². The number of nitrogens with zero attached hydrogens (tertiary/aromatic N) is 4. The van der Waals surface area contributed by atoms with Crippen molar-refractivity contribution in [2.45, 2.75) is 58.2 Å². The molecule has 0 N–H and O–H groups in total. The molecule has 0 aromatic carbocycles. The summed E-state index contributed by atoms with van der Waals surface area (Å²) in [6.07, 6.45) is 9.64. The van der Waals surface area contributed by atoms with Crippen LogP contribution in [-0.2, 0) is 6.54 Å². The number of hydrogen-bond donors (Lipinski definition) is 0. The zero-order valence-corrected chi connectivity index (χ0v) is 12.3. The Labute approximate surface area is 116 Å². The number of piperidine rings is 1. The van der Waals surface area contributed by atoms with Crippen LogP contribution in [0.5, 0.6) is 0 Å². The highest BCUT2D eigenvalue weighted by Gasteiger charge is 2.34. The molecule has 0 spiro atoms. The Morgan fingerprint density at radius 3 is 2.89 bits per heavy atom. The highest BCUT2D eigenvalue weighted by molar-refractivity contribution is 5.45. The molecule has 0 saturated carbocycles. The zero-order valence-electron chi connectivity index (χ0n) is 12.3. The fraction of sp³-hybridized carbons (Fsp3) is 0.800. The molecule has 1 aromatic heterocycles. The van der Waals surface area contributed by atoms with Crippen molar-refractivity contribution in [3.63, 3.8) is 0 Å². The number of aromatic nitrogens is 2. The van der Waals surface area contributed by atoms with Crippen molar-refractivity contribution in [1.29, 1.82) is 0 Å². The van der Waals surface area contributed by atoms with E-state index in [0.717, 1.165) is 12.6 Å². The average molecular weight is 262 g/mol. The molecule has 2 aliphatic heterocycles. The van der Waals surface area contributed by atoms with Crippen LogP contribution in [0.3, 0.4) is 0 Å². The maximum Gasteiger partial charge on any atom is 0.0755 e. The minimum absolute atomic E-state index is 0.656. The van der Waals surface area contributed by atoms with Crippen molar-refractivity contribution in [1.82, 2.24) is 14.7 Å². The van der Waals surface area contributed by atoms with Gasteiger partial charge in [-0.15, -0.1) is 0 Å². The minimum atomic E-state index is 0.656. The van der Waals surface area contributed by atoms with Gasteiger partial charge in [0.05, 0.1) is 11.9 Å². The molecule has 106 valence electrons. The van der Waals surface area contributed by atoms with Gasteiger partial charge in [0, 0.05) is 37.9 Å². The van der Waals surface area contributed by atoms with E-state index in [0.29, 0.717) is 6.04 Å². The average Bonchev–Trinajstić information content (AvgIpc) is 2.94. The summed E-state index contributed by atoms with van der Waals surface area (Å²) in [6, 6.07) is 1.42. The van der Waals surface area contributed by atoms with Gasteiger partial charge in [-0.05, 0) is 32.7 Å². The van der Waals surface area contributed by atoms with E-state index in [2.05, 4.69) is 34.9 Å². The summed E-state index contributed by atoms with van der Waals surface area (Å²) in [5.41, 5.74) is 1.32. The number of piperazine rings is 1. The topological polar surface area (TPSA) is 24.3 Å². The van der Waals surface area contributed by atoms with E-state index >= 15 is 0 Å². The smallest absolute Gasteiger partial charge is 0.0755 e. The predicted molar refractivity (Wildman–Crippen MR) is 78.5 cm³/mol. The summed E-state index contributed by atoms with van der Waals surface area (Å²) < 4.78 is 2.04. The Bertz CT molecular complexity index is 414. The van der Waals surface area contributed by atoms with Gasteiger partial charge in [-0.2, -0.15) is 5.10 Å². The molecule has 2 unspecified atom stereocenters. The zero-order chi connectivity index (χ0) is 13.2. The number of hydrogen-bond acceptors (Lipinski definition) is 3. The molecular formula is C15H26N4. The van der Waals surface area contributed by atoms with Crippen LogP contribution >= 0.6 is 0 Å². The standard InChI is InChI=1S/C15H26N4/c1-3-13-10-17-8-6-5-7-14(17)12-19(13)15-9-16-18(4-2)11-15/h9,11,13-14H,3-8,10,12H2,1-2H3. The summed E-state index contributed by atoms with van der Waals surface area (Å²) in [6.45, 7) is 9.15. The van der Waals surface area contributed by atoms with E-state index in [-0.39, 0.29) is 0 Å². The summed E-state index contributed by atoms with van der Waals surface area (Å²) in [5, 5.41) is 4.44. The van der Waals surface area contributed by atoms with Gasteiger partial charge in [-0.1, -0.05) is 13.3 Å². The van der Waals surface area contributed by atoms with Crippen LogP contribution in [0.2, 0.25) is 0 Å². The van der Waals surface area contributed by atoms with Crippen LogP contribution in [0, 0.1) is 0 Å². The van der Waals surface area contributed by atoms with Crippen molar-refractivity contribution in [2.24, 2.45) is 0 Å². The molecule has 2 saturated heterocycles. The molecule has 2 fully saturated rings. The van der Waals surface area contributed by atoms with Crippen molar-refractivity contribution < 1.29 is 0 Å². The van der Waals surface area contributed by atoms with Gasteiger partial charge in [0.1, 0.15) is 0 Å². The Morgan fingerprint density at radius 2 is 2.16 bits per heavy atom. The lowest BCUT2D eigenvalue weighted by Gasteiger charge is -2.49. The summed E-state index contributed by atoms with van der Waals surface area (Å²) in [7, 11) is 0. The van der Waals surface area contributed by atoms with Gasteiger partial charge < -0.3 is 4.90 Å². The Kier molecular flexibility index (Phi) is 3.78. The van der Waals surface area contributed by atoms with Gasteiger partial charge in [-0.25, -0.2) is 0 Å². The summed E-state index contributed by atoms with van der Waals surface area (Å²) >= 11 is 0. The molecule has 2 aliphatic rings. The fourth-order valence-corrected chi connectivity index (χ4v) is 3.59. The summed E-state index contributed by atoms with van der Waals surface area (Å²) in [4.78, 5) is 5.32. The molecule has 4 heteroatoms. The monoisotopic (exact) mass is 262 g/mol. The van der Waals surface area contributed by atoms with E-state index in [4.69, 9.17) is 0 Å². The molecule has 4 nitrogen and oxygen atoms in total. The predicted octanol–water partition coefficient (Wildman–Crippen LogP) is 2.36. The molecular weight excluding hydrogens is 236 g/mol. The third-order valence-corrected chi connectivity index (χ3v) is 4.79. The molecule has 2 atom stereocenters. The van der Waals surface area contributed by atoms with Gasteiger partial charge >= 0.3 is 0 Å². The second-order valence-electron chi connectivity index (χ2n) is 5.91. The van der Waals surface area contributed by atoms with Crippen molar-refractivity contribution in [3.05, 3.63) is 12.4 Å². The van der Waals surface area contributed by atoms with Crippen LogP contribution in [0.1, 0.15) is 39.5 Å². The third kappa shape index (κ3) is 2.50. The number of fused-ring (bicyclic) bond motifs is 1. The van der Waals surface area contributed by atoms with E-state index in [1.165, 1.54) is 51.0 Å². The SMILES string of the molecule is CCC1CN2CCCCC2CN1c1cnn(CC)c1. The lowest BCUT2D eigenvalue weighted by atomic mass is 9.95. The van der Waals surface area contributed by atoms with Crippen LogP contribution in [0.15, 0.2) is 12.4 Å². The van der Waals surface area contributed by atoms with E-state index in [1.54, 1.807) is 0 Å². The highest BCUT2D eigenvalue weighted by Crippen LogP contribution is 2.29. The lowest BCUT2D eigenvalue weighted by Crippen LogP contribution is -2.59. The van der Waals surface area contributed by atoms with Crippen molar-refractivity contribution >= 4 is 5.69 Å². The maximum absolute atomic E-state index is 4.44. The van der Waals surface area contributed by atoms with Crippen LogP contribution in [0.25, 0.3) is 0 Å². The van der Waals surface area contributed by atoms with Gasteiger partial charge in [0.15, 0.2) is 0 Å². The molecule has 1 aromatic rings. The van der Waals surface area contributed by atoms with E-state index in [1.807, 2.05) is 10.9 Å². The first-order valence-electron chi connectivity index (χ1n) is 7.85. The van der Waals surface area contributed by atoms with Crippen LogP contribution < -0.4 is 4.90 Å². The van der Waals surface area contributed by atoms with E-state index in [9.17, 15) is 0 Å². The second-order valence-corrected chi connectivity index (χ2v) is 5.91. The summed E-state index contributed by atoms with van der Waals surface area (Å²) in [5.74, 6) is 0. The lowest BCUT2D eigenvalue weighted by molar-refractivity contribution is 0.111. The van der Waals surface area contributed by atoms with E-state index < -0.39 is 0 Å². The van der Waals surface area contributed by atoms with Crippen LogP contribution in [0.4, 0.5) is 5.69 Å². The minimum Gasteiger partial charge on any atom is -0.363 e. The Morgan fingerprint density at radius 1 is 1.26 bits per heavy atom. The van der Waals surface area contributed by atoms with Gasteiger partial charge in [-0.3, -0.25) is 9.58 Å². The highest BCUT2D eigenvalue weighted by atomic mass is 15.3. The second kappa shape index (κ2) is 5.53. The normalized spacial score (nSPS) is 28.4. The first-order valence-corrected chi connectivity index (χ1v) is 7.85. The Balaban J connectivity index is 1.78. The Hall–Kier alpha value is -1.03. The molecule has 19 heavy (non-hydrogen) atoms. The van der Waals surface area contributed by atoms with Crippen molar-refractivity contribution in [3.8, 4) is 0 Å².